The number of hydrogen-bond donors (Lipinski definition) is 1. The molecule has 1 N–H and O–H groups in total. The maximum Gasteiger partial charge on any atom is 0.273 e. The number of hydrogen-bond acceptors (Lipinski definition) is 4. The van der Waals surface area contributed by atoms with Crippen molar-refractivity contribution in [1.82, 2.24) is 15.4 Å². The van der Waals surface area contributed by atoms with E-state index in [1.54, 1.807) is 6.07 Å². The van der Waals surface area contributed by atoms with Crippen LogP contribution in [-0.2, 0) is 13.0 Å². The third-order valence-corrected chi connectivity index (χ3v) is 3.83. The first-order chi connectivity index (χ1) is 11.1. The predicted octanol–water partition coefficient (Wildman–Crippen LogP) is 2.88. The number of aromatic nitrogens is 1. The maximum absolute atomic E-state index is 12.0. The first kappa shape index (κ1) is 17.2. The van der Waals surface area contributed by atoms with Crippen molar-refractivity contribution in [3.8, 4) is 0 Å². The summed E-state index contributed by atoms with van der Waals surface area (Å²) in [5.74, 6) is 0.524. The second-order valence-corrected chi connectivity index (χ2v) is 5.93. The smallest absolute Gasteiger partial charge is 0.273 e. The summed E-state index contributed by atoms with van der Waals surface area (Å²) >= 11 is 0. The van der Waals surface area contributed by atoms with E-state index >= 15 is 0 Å². The Kier molecular flexibility index (Phi) is 6.35. The van der Waals surface area contributed by atoms with Crippen molar-refractivity contribution >= 4 is 5.91 Å². The standard InChI is InChI=1S/C18H25N3O2/c1-4-14(2)19-18(22)17-12-16(23-20-17)13-21(3)11-10-15-8-6-5-7-9-15/h5-9,12,14H,4,10-11,13H2,1-3H3,(H,19,22)/t14-/m1/s1. The Labute approximate surface area is 137 Å². The second-order valence-electron chi connectivity index (χ2n) is 5.93. The summed E-state index contributed by atoms with van der Waals surface area (Å²) in [6.07, 6.45) is 1.87. The number of amides is 1. The Hall–Kier alpha value is -2.14. The third kappa shape index (κ3) is 5.53. The van der Waals surface area contributed by atoms with Crippen LogP contribution in [-0.4, -0.2) is 35.6 Å². The summed E-state index contributed by atoms with van der Waals surface area (Å²) in [6, 6.07) is 12.2. The highest BCUT2D eigenvalue weighted by Gasteiger charge is 2.15. The van der Waals surface area contributed by atoms with Crippen LogP contribution in [0.4, 0.5) is 0 Å². The number of benzene rings is 1. The minimum Gasteiger partial charge on any atom is -0.359 e. The van der Waals surface area contributed by atoms with E-state index in [4.69, 9.17) is 4.52 Å². The van der Waals surface area contributed by atoms with Gasteiger partial charge in [-0.1, -0.05) is 42.4 Å². The van der Waals surface area contributed by atoms with E-state index in [0.29, 0.717) is 18.0 Å². The first-order valence-electron chi connectivity index (χ1n) is 8.07. The topological polar surface area (TPSA) is 58.4 Å². The normalized spacial score (nSPS) is 12.3. The second kappa shape index (κ2) is 8.48. The SMILES string of the molecule is CC[C@@H](C)NC(=O)c1cc(CN(C)CCc2ccccc2)on1. The number of carbonyl (C=O) groups excluding carboxylic acids is 1. The zero-order valence-corrected chi connectivity index (χ0v) is 14.1. The highest BCUT2D eigenvalue weighted by molar-refractivity contribution is 5.92. The van der Waals surface area contributed by atoms with Gasteiger partial charge in [0.15, 0.2) is 11.5 Å². The van der Waals surface area contributed by atoms with E-state index in [1.165, 1.54) is 5.56 Å². The molecule has 0 saturated carbocycles. The lowest BCUT2D eigenvalue weighted by atomic mass is 10.1. The molecule has 23 heavy (non-hydrogen) atoms. The van der Waals surface area contributed by atoms with Crippen molar-refractivity contribution in [2.45, 2.75) is 39.3 Å². The Morgan fingerprint density at radius 3 is 2.78 bits per heavy atom. The number of nitrogens with zero attached hydrogens (tertiary/aromatic N) is 2. The minimum atomic E-state index is -0.179. The van der Waals surface area contributed by atoms with Gasteiger partial charge >= 0.3 is 0 Å². The average Bonchev–Trinajstić information content (AvgIpc) is 3.02. The summed E-state index contributed by atoms with van der Waals surface area (Å²) in [7, 11) is 2.03. The molecule has 2 aromatic rings. The molecule has 1 heterocycles. The van der Waals surface area contributed by atoms with Crippen molar-refractivity contribution in [2.75, 3.05) is 13.6 Å². The predicted molar refractivity (Wildman–Crippen MR) is 90.2 cm³/mol. The van der Waals surface area contributed by atoms with Gasteiger partial charge in [0.05, 0.1) is 6.54 Å². The van der Waals surface area contributed by atoms with E-state index in [0.717, 1.165) is 19.4 Å². The van der Waals surface area contributed by atoms with E-state index in [-0.39, 0.29) is 11.9 Å². The van der Waals surface area contributed by atoms with Crippen molar-refractivity contribution in [2.24, 2.45) is 0 Å². The molecular formula is C18H25N3O2. The molecule has 1 amide bonds. The Morgan fingerprint density at radius 1 is 1.35 bits per heavy atom. The maximum atomic E-state index is 12.0. The Balaban J connectivity index is 1.82. The van der Waals surface area contributed by atoms with Gasteiger partial charge in [-0.25, -0.2) is 0 Å². The molecular weight excluding hydrogens is 290 g/mol. The molecule has 5 nitrogen and oxygen atoms in total. The van der Waals surface area contributed by atoms with E-state index < -0.39 is 0 Å². The van der Waals surface area contributed by atoms with Crippen molar-refractivity contribution in [1.29, 1.82) is 0 Å². The monoisotopic (exact) mass is 315 g/mol. The number of likely N-dealkylation sites (N-methyl/N-ethyl adjacent to an activating group) is 1. The highest BCUT2D eigenvalue weighted by atomic mass is 16.5. The lowest BCUT2D eigenvalue weighted by molar-refractivity contribution is 0.0930. The van der Waals surface area contributed by atoms with Crippen LogP contribution >= 0.6 is 0 Å². The Bertz CT molecular complexity index is 610. The fourth-order valence-electron chi connectivity index (χ4n) is 2.20. The molecule has 0 aliphatic rings. The van der Waals surface area contributed by atoms with Gasteiger partial charge in [-0.3, -0.25) is 9.69 Å². The van der Waals surface area contributed by atoms with Gasteiger partial charge in [0.2, 0.25) is 0 Å². The van der Waals surface area contributed by atoms with Gasteiger partial charge in [0.25, 0.3) is 5.91 Å². The van der Waals surface area contributed by atoms with Crippen molar-refractivity contribution < 1.29 is 9.32 Å². The number of nitrogens with one attached hydrogen (secondary N) is 1. The zero-order valence-electron chi connectivity index (χ0n) is 14.1. The molecule has 1 atom stereocenters. The molecule has 1 aromatic heterocycles. The first-order valence-corrected chi connectivity index (χ1v) is 8.07. The van der Waals surface area contributed by atoms with Crippen LogP contribution in [0.5, 0.6) is 0 Å². The lowest BCUT2D eigenvalue weighted by Gasteiger charge is -2.14. The molecule has 2 rings (SSSR count). The summed E-state index contributed by atoms with van der Waals surface area (Å²) in [6.45, 7) is 5.55. The molecule has 1 aromatic carbocycles. The summed E-state index contributed by atoms with van der Waals surface area (Å²) < 4.78 is 5.27. The van der Waals surface area contributed by atoms with Crippen LogP contribution in [0.25, 0.3) is 0 Å². The fraction of sp³-hybridized carbons (Fsp3) is 0.444. The van der Waals surface area contributed by atoms with Gasteiger partial charge in [-0.05, 0) is 32.4 Å². The van der Waals surface area contributed by atoms with Crippen molar-refractivity contribution in [3.63, 3.8) is 0 Å². The molecule has 0 fully saturated rings. The van der Waals surface area contributed by atoms with Gasteiger partial charge in [-0.15, -0.1) is 0 Å². The molecule has 0 unspecified atom stereocenters. The quantitative estimate of drug-likeness (QED) is 0.814. The largest absolute Gasteiger partial charge is 0.359 e. The Morgan fingerprint density at radius 2 is 2.09 bits per heavy atom. The average molecular weight is 315 g/mol. The molecule has 0 aliphatic heterocycles. The van der Waals surface area contributed by atoms with Crippen LogP contribution in [0.3, 0.4) is 0 Å². The molecule has 0 aliphatic carbocycles. The van der Waals surface area contributed by atoms with E-state index in [2.05, 4.69) is 27.5 Å². The van der Waals surface area contributed by atoms with Crippen molar-refractivity contribution in [3.05, 3.63) is 53.4 Å². The van der Waals surface area contributed by atoms with E-state index in [1.807, 2.05) is 39.1 Å². The molecule has 0 bridgehead atoms. The fourth-order valence-corrected chi connectivity index (χ4v) is 2.20. The van der Waals surface area contributed by atoms with Crippen LogP contribution in [0.1, 0.15) is 42.1 Å². The third-order valence-electron chi connectivity index (χ3n) is 3.83. The summed E-state index contributed by atoms with van der Waals surface area (Å²) in [5, 5.41) is 6.75. The molecule has 124 valence electrons. The van der Waals surface area contributed by atoms with Crippen LogP contribution in [0.2, 0.25) is 0 Å². The summed E-state index contributed by atoms with van der Waals surface area (Å²) in [5.41, 5.74) is 1.65. The highest BCUT2D eigenvalue weighted by Crippen LogP contribution is 2.08. The van der Waals surface area contributed by atoms with Gasteiger partial charge in [0.1, 0.15) is 0 Å². The lowest BCUT2D eigenvalue weighted by Crippen LogP contribution is -2.32. The zero-order chi connectivity index (χ0) is 16.7. The number of rotatable bonds is 8. The molecule has 0 spiro atoms. The van der Waals surface area contributed by atoms with Gasteiger partial charge < -0.3 is 9.84 Å². The van der Waals surface area contributed by atoms with Gasteiger partial charge in [0, 0.05) is 18.7 Å². The minimum absolute atomic E-state index is 0.135. The molecule has 0 saturated heterocycles. The van der Waals surface area contributed by atoms with Crippen LogP contribution in [0, 0.1) is 0 Å². The van der Waals surface area contributed by atoms with Gasteiger partial charge in [-0.2, -0.15) is 0 Å². The molecule has 0 radical (unpaired) electrons. The van der Waals surface area contributed by atoms with E-state index in [9.17, 15) is 4.79 Å². The molecule has 5 heteroatoms. The van der Waals surface area contributed by atoms with Crippen LogP contribution < -0.4 is 5.32 Å². The number of carbonyl (C=O) groups is 1. The van der Waals surface area contributed by atoms with Crippen LogP contribution in [0.15, 0.2) is 40.9 Å². The summed E-state index contributed by atoms with van der Waals surface area (Å²) in [4.78, 5) is 14.1.